The maximum atomic E-state index is 9.71. The fraction of sp³-hybridized carbons (Fsp3) is 0.400. The number of aromatic nitrogens is 1. The zero-order chi connectivity index (χ0) is 13.8. The van der Waals surface area contributed by atoms with Gasteiger partial charge in [0.25, 0.3) is 0 Å². The summed E-state index contributed by atoms with van der Waals surface area (Å²) in [6.45, 7) is 3.11. The molecule has 1 saturated heterocycles. The molecule has 0 aliphatic carbocycles. The molecule has 1 aliphatic rings. The molecule has 2 heterocycles. The van der Waals surface area contributed by atoms with Crippen LogP contribution in [0.3, 0.4) is 0 Å². The van der Waals surface area contributed by atoms with Crippen LogP contribution in [0.15, 0.2) is 41.0 Å². The third-order valence-corrected chi connectivity index (χ3v) is 3.29. The van der Waals surface area contributed by atoms with Crippen LogP contribution in [0.1, 0.15) is 5.69 Å². The third kappa shape index (κ3) is 3.25. The van der Waals surface area contributed by atoms with Crippen molar-refractivity contribution in [2.24, 2.45) is 0 Å². The molecule has 0 saturated carbocycles. The minimum atomic E-state index is -0.432. The van der Waals surface area contributed by atoms with Gasteiger partial charge >= 0.3 is 0 Å². The monoisotopic (exact) mass is 274 g/mol. The number of benzene rings is 1. The molecule has 0 bridgehead atoms. The van der Waals surface area contributed by atoms with E-state index in [1.54, 1.807) is 6.26 Å². The minimum absolute atomic E-state index is 0.407. The van der Waals surface area contributed by atoms with Crippen LogP contribution in [0.2, 0.25) is 0 Å². The number of aliphatic hydroxyl groups excluding tert-OH is 1. The summed E-state index contributed by atoms with van der Waals surface area (Å²) in [5.41, 5.74) is 1.84. The normalized spacial score (nSPS) is 20.8. The molecule has 3 rings (SSSR count). The quantitative estimate of drug-likeness (QED) is 0.920. The Hall–Kier alpha value is -1.69. The van der Waals surface area contributed by atoms with Crippen molar-refractivity contribution in [2.75, 3.05) is 26.3 Å². The first-order valence-electron chi connectivity index (χ1n) is 6.79. The molecule has 5 nitrogen and oxygen atoms in total. The fourth-order valence-electron chi connectivity index (χ4n) is 2.32. The Labute approximate surface area is 117 Å². The van der Waals surface area contributed by atoms with Crippen molar-refractivity contribution in [1.82, 2.24) is 9.88 Å². The van der Waals surface area contributed by atoms with E-state index in [0.717, 1.165) is 17.8 Å². The largest absolute Gasteiger partial charge is 0.444 e. The molecule has 1 fully saturated rings. The van der Waals surface area contributed by atoms with E-state index < -0.39 is 6.10 Å². The van der Waals surface area contributed by atoms with Gasteiger partial charge in [-0.2, -0.15) is 0 Å². The number of oxazole rings is 1. The SMILES string of the molecule is O[C@H]1COCCN(Cc2coc(-c3ccccc3)n2)C1. The van der Waals surface area contributed by atoms with Crippen LogP contribution in [0.5, 0.6) is 0 Å². The summed E-state index contributed by atoms with van der Waals surface area (Å²) in [4.78, 5) is 6.63. The third-order valence-electron chi connectivity index (χ3n) is 3.29. The van der Waals surface area contributed by atoms with E-state index in [9.17, 15) is 5.11 Å². The van der Waals surface area contributed by atoms with Gasteiger partial charge in [0.2, 0.25) is 5.89 Å². The van der Waals surface area contributed by atoms with Crippen LogP contribution in [-0.2, 0) is 11.3 Å². The smallest absolute Gasteiger partial charge is 0.226 e. The predicted octanol–water partition coefficient (Wildman–Crippen LogP) is 1.53. The Kier molecular flexibility index (Phi) is 4.11. The maximum absolute atomic E-state index is 9.71. The average molecular weight is 274 g/mol. The summed E-state index contributed by atoms with van der Waals surface area (Å²) in [6, 6.07) is 9.83. The summed E-state index contributed by atoms with van der Waals surface area (Å²) in [5, 5.41) is 9.71. The molecule has 1 aromatic carbocycles. The Balaban J connectivity index is 1.68. The lowest BCUT2D eigenvalue weighted by molar-refractivity contribution is 0.0562. The molecule has 0 radical (unpaired) electrons. The van der Waals surface area contributed by atoms with Crippen LogP contribution < -0.4 is 0 Å². The van der Waals surface area contributed by atoms with Gasteiger partial charge in [-0.25, -0.2) is 4.98 Å². The number of β-amino-alcohol motifs (C(OH)–C–C–N with tert-alkyl or cyclic N) is 1. The second kappa shape index (κ2) is 6.17. The van der Waals surface area contributed by atoms with Crippen LogP contribution >= 0.6 is 0 Å². The molecule has 20 heavy (non-hydrogen) atoms. The molecule has 0 spiro atoms. The lowest BCUT2D eigenvalue weighted by Gasteiger charge is -2.19. The van der Waals surface area contributed by atoms with Gasteiger partial charge in [0.1, 0.15) is 6.26 Å². The van der Waals surface area contributed by atoms with E-state index in [0.29, 0.717) is 32.2 Å². The number of rotatable bonds is 3. The summed E-state index contributed by atoms with van der Waals surface area (Å²) < 4.78 is 10.8. The Morgan fingerprint density at radius 3 is 3.00 bits per heavy atom. The van der Waals surface area contributed by atoms with E-state index in [4.69, 9.17) is 9.15 Å². The van der Waals surface area contributed by atoms with Gasteiger partial charge in [-0.1, -0.05) is 18.2 Å². The molecular weight excluding hydrogens is 256 g/mol. The highest BCUT2D eigenvalue weighted by Crippen LogP contribution is 2.18. The Morgan fingerprint density at radius 1 is 1.30 bits per heavy atom. The van der Waals surface area contributed by atoms with Gasteiger partial charge in [-0.3, -0.25) is 4.90 Å². The van der Waals surface area contributed by atoms with Gasteiger partial charge in [-0.05, 0) is 12.1 Å². The van der Waals surface area contributed by atoms with Crippen LogP contribution in [0.4, 0.5) is 0 Å². The number of hydrogen-bond acceptors (Lipinski definition) is 5. The van der Waals surface area contributed by atoms with E-state index in [1.165, 1.54) is 0 Å². The van der Waals surface area contributed by atoms with Crippen molar-refractivity contribution in [3.05, 3.63) is 42.3 Å². The molecule has 106 valence electrons. The second-order valence-electron chi connectivity index (χ2n) is 4.97. The highest BCUT2D eigenvalue weighted by atomic mass is 16.5. The molecule has 1 aliphatic heterocycles. The van der Waals surface area contributed by atoms with Gasteiger partial charge in [0.05, 0.1) is 25.0 Å². The van der Waals surface area contributed by atoms with Crippen molar-refractivity contribution < 1.29 is 14.3 Å². The van der Waals surface area contributed by atoms with E-state index in [-0.39, 0.29) is 0 Å². The van der Waals surface area contributed by atoms with Gasteiger partial charge in [0.15, 0.2) is 0 Å². The zero-order valence-electron chi connectivity index (χ0n) is 11.2. The molecule has 2 aromatic rings. The van der Waals surface area contributed by atoms with Crippen molar-refractivity contribution in [3.63, 3.8) is 0 Å². The Morgan fingerprint density at radius 2 is 2.15 bits per heavy atom. The van der Waals surface area contributed by atoms with Crippen LogP contribution in [0.25, 0.3) is 11.5 Å². The van der Waals surface area contributed by atoms with Crippen LogP contribution in [0, 0.1) is 0 Å². The molecule has 1 aromatic heterocycles. The second-order valence-corrected chi connectivity index (χ2v) is 4.97. The molecule has 1 atom stereocenters. The molecule has 5 heteroatoms. The van der Waals surface area contributed by atoms with E-state index in [1.807, 2.05) is 30.3 Å². The van der Waals surface area contributed by atoms with Gasteiger partial charge < -0.3 is 14.3 Å². The van der Waals surface area contributed by atoms with E-state index >= 15 is 0 Å². The number of hydrogen-bond donors (Lipinski definition) is 1. The first-order chi connectivity index (χ1) is 9.81. The fourth-order valence-corrected chi connectivity index (χ4v) is 2.32. The van der Waals surface area contributed by atoms with Crippen molar-refractivity contribution in [1.29, 1.82) is 0 Å². The first-order valence-corrected chi connectivity index (χ1v) is 6.79. The maximum Gasteiger partial charge on any atom is 0.226 e. The highest BCUT2D eigenvalue weighted by Gasteiger charge is 2.18. The van der Waals surface area contributed by atoms with Crippen molar-refractivity contribution in [3.8, 4) is 11.5 Å². The van der Waals surface area contributed by atoms with Crippen molar-refractivity contribution >= 4 is 0 Å². The topological polar surface area (TPSA) is 58.7 Å². The lowest BCUT2D eigenvalue weighted by atomic mass is 10.2. The van der Waals surface area contributed by atoms with E-state index in [2.05, 4.69) is 9.88 Å². The molecular formula is C15H18N2O3. The average Bonchev–Trinajstić information content (AvgIpc) is 2.83. The predicted molar refractivity (Wildman–Crippen MR) is 74.0 cm³/mol. The Bertz CT molecular complexity index is 541. The summed E-state index contributed by atoms with van der Waals surface area (Å²) in [7, 11) is 0. The highest BCUT2D eigenvalue weighted by molar-refractivity contribution is 5.52. The first kappa shape index (κ1) is 13.3. The molecule has 1 N–H and O–H groups in total. The number of nitrogens with zero attached hydrogens (tertiary/aromatic N) is 2. The summed E-state index contributed by atoms with van der Waals surface area (Å²) >= 11 is 0. The standard InChI is InChI=1S/C15H18N2O3/c18-14-9-17(6-7-19-11-14)8-13-10-20-15(16-13)12-4-2-1-3-5-12/h1-5,10,14,18H,6-9,11H2/t14-/m1/s1. The zero-order valence-corrected chi connectivity index (χ0v) is 11.2. The van der Waals surface area contributed by atoms with Crippen molar-refractivity contribution in [2.45, 2.75) is 12.6 Å². The summed E-state index contributed by atoms with van der Waals surface area (Å²) in [5.74, 6) is 0.632. The summed E-state index contributed by atoms with van der Waals surface area (Å²) in [6.07, 6.45) is 1.25. The lowest BCUT2D eigenvalue weighted by Crippen LogP contribution is -2.32. The van der Waals surface area contributed by atoms with Gasteiger partial charge in [-0.15, -0.1) is 0 Å². The molecule has 0 unspecified atom stereocenters. The molecule has 0 amide bonds. The van der Waals surface area contributed by atoms with Crippen LogP contribution in [-0.4, -0.2) is 47.4 Å². The number of aliphatic hydroxyl groups is 1. The van der Waals surface area contributed by atoms with Gasteiger partial charge in [0, 0.05) is 25.2 Å². The minimum Gasteiger partial charge on any atom is -0.444 e. The number of ether oxygens (including phenoxy) is 1.